The highest BCUT2D eigenvalue weighted by Crippen LogP contribution is 2.30. The number of rotatable bonds is 5. The van der Waals surface area contributed by atoms with Gasteiger partial charge in [-0.1, -0.05) is 71.2 Å². The van der Waals surface area contributed by atoms with Gasteiger partial charge in [0.05, 0.1) is 16.7 Å². The molecular formula is C22H14Cl3NO. The molecule has 3 rings (SSSR count). The van der Waals surface area contributed by atoms with Crippen LogP contribution in [-0.2, 0) is 6.61 Å². The van der Waals surface area contributed by atoms with Gasteiger partial charge in [-0.2, -0.15) is 5.26 Å². The molecule has 0 saturated carbocycles. The van der Waals surface area contributed by atoms with Gasteiger partial charge in [-0.3, -0.25) is 0 Å². The quantitative estimate of drug-likeness (QED) is 0.324. The molecule has 0 aliphatic heterocycles. The summed E-state index contributed by atoms with van der Waals surface area (Å²) in [6, 6.07) is 22.2. The molecule has 0 aliphatic carbocycles. The number of allylic oxidation sites excluding steroid dienone is 1. The molecule has 5 heteroatoms. The van der Waals surface area contributed by atoms with Crippen LogP contribution >= 0.6 is 34.8 Å². The van der Waals surface area contributed by atoms with E-state index in [1.807, 2.05) is 48.5 Å². The van der Waals surface area contributed by atoms with E-state index in [1.165, 1.54) is 0 Å². The Kier molecular flexibility index (Phi) is 6.42. The van der Waals surface area contributed by atoms with E-state index >= 15 is 0 Å². The number of nitriles is 1. The Labute approximate surface area is 173 Å². The first kappa shape index (κ1) is 19.3. The summed E-state index contributed by atoms with van der Waals surface area (Å²) in [7, 11) is 0. The molecule has 3 aromatic carbocycles. The van der Waals surface area contributed by atoms with Crippen LogP contribution in [-0.4, -0.2) is 0 Å². The van der Waals surface area contributed by atoms with Crippen molar-refractivity contribution < 1.29 is 4.74 Å². The minimum absolute atomic E-state index is 0.394. The molecule has 0 spiro atoms. The average Bonchev–Trinajstić information content (AvgIpc) is 2.67. The largest absolute Gasteiger partial charge is 0.488 e. The van der Waals surface area contributed by atoms with E-state index in [4.69, 9.17) is 39.5 Å². The predicted octanol–water partition coefficient (Wildman–Crippen LogP) is 7.29. The van der Waals surface area contributed by atoms with Crippen molar-refractivity contribution in [3.8, 4) is 11.8 Å². The zero-order valence-electron chi connectivity index (χ0n) is 14.1. The van der Waals surface area contributed by atoms with E-state index in [2.05, 4.69) is 6.07 Å². The van der Waals surface area contributed by atoms with E-state index < -0.39 is 0 Å². The summed E-state index contributed by atoms with van der Waals surface area (Å²) in [6.07, 6.45) is 1.76. The van der Waals surface area contributed by atoms with E-state index in [0.29, 0.717) is 38.6 Å². The van der Waals surface area contributed by atoms with Crippen molar-refractivity contribution in [1.29, 1.82) is 5.26 Å². The van der Waals surface area contributed by atoms with Gasteiger partial charge in [-0.15, -0.1) is 0 Å². The third-order valence-corrected chi connectivity index (χ3v) is 4.67. The number of nitrogens with zero attached hydrogens (tertiary/aromatic N) is 1. The van der Waals surface area contributed by atoms with Gasteiger partial charge >= 0.3 is 0 Å². The number of para-hydroxylation sites is 1. The Morgan fingerprint density at radius 3 is 2.33 bits per heavy atom. The number of halogens is 3. The maximum Gasteiger partial charge on any atom is 0.127 e. The van der Waals surface area contributed by atoms with Crippen molar-refractivity contribution in [1.82, 2.24) is 0 Å². The summed E-state index contributed by atoms with van der Waals surface area (Å²) >= 11 is 18.1. The lowest BCUT2D eigenvalue weighted by molar-refractivity contribution is 0.305. The normalized spacial score (nSPS) is 11.1. The molecule has 3 aromatic rings. The number of benzene rings is 3. The summed E-state index contributed by atoms with van der Waals surface area (Å²) in [5.74, 6) is 0.672. The van der Waals surface area contributed by atoms with Crippen molar-refractivity contribution >= 4 is 46.5 Å². The first-order valence-electron chi connectivity index (χ1n) is 8.10. The van der Waals surface area contributed by atoms with E-state index in [0.717, 1.165) is 11.1 Å². The molecule has 0 atom stereocenters. The number of hydrogen-bond acceptors (Lipinski definition) is 2. The van der Waals surface area contributed by atoms with Crippen LogP contribution in [0.25, 0.3) is 11.6 Å². The van der Waals surface area contributed by atoms with E-state index in [-0.39, 0.29) is 0 Å². The summed E-state index contributed by atoms with van der Waals surface area (Å²) in [4.78, 5) is 0. The van der Waals surface area contributed by atoms with Crippen LogP contribution in [0.5, 0.6) is 5.75 Å². The first-order valence-corrected chi connectivity index (χ1v) is 9.23. The second kappa shape index (κ2) is 8.97. The molecule has 0 N–H and O–H groups in total. The molecule has 0 unspecified atom stereocenters. The van der Waals surface area contributed by atoms with Crippen LogP contribution < -0.4 is 4.74 Å². The van der Waals surface area contributed by atoms with Crippen LogP contribution in [0.4, 0.5) is 0 Å². The van der Waals surface area contributed by atoms with E-state index in [1.54, 1.807) is 24.3 Å². The van der Waals surface area contributed by atoms with Gasteiger partial charge in [0.15, 0.2) is 0 Å². The maximum atomic E-state index is 9.60. The summed E-state index contributed by atoms with van der Waals surface area (Å²) in [6.45, 7) is 0.394. The Hall–Kier alpha value is -2.44. The Balaban J connectivity index is 1.88. The van der Waals surface area contributed by atoms with Crippen LogP contribution in [0.1, 0.15) is 16.7 Å². The summed E-state index contributed by atoms with van der Waals surface area (Å²) in [5, 5.41) is 11.2. The van der Waals surface area contributed by atoms with Gasteiger partial charge in [0, 0.05) is 21.2 Å². The molecule has 0 bridgehead atoms. The molecule has 27 heavy (non-hydrogen) atoms. The fourth-order valence-electron chi connectivity index (χ4n) is 2.51. The van der Waals surface area contributed by atoms with Gasteiger partial charge in [-0.05, 0) is 42.0 Å². The molecule has 0 saturated heterocycles. The van der Waals surface area contributed by atoms with Crippen LogP contribution in [0.3, 0.4) is 0 Å². The third-order valence-electron chi connectivity index (χ3n) is 3.87. The third kappa shape index (κ3) is 5.05. The fourth-order valence-corrected chi connectivity index (χ4v) is 3.14. The molecule has 0 aliphatic rings. The van der Waals surface area contributed by atoms with Crippen LogP contribution in [0.2, 0.25) is 15.1 Å². The molecule has 2 nitrogen and oxygen atoms in total. The Morgan fingerprint density at radius 2 is 1.63 bits per heavy atom. The van der Waals surface area contributed by atoms with E-state index in [9.17, 15) is 5.26 Å². The number of hydrogen-bond donors (Lipinski definition) is 0. The van der Waals surface area contributed by atoms with Gasteiger partial charge in [0.25, 0.3) is 0 Å². The highest BCUT2D eigenvalue weighted by molar-refractivity contribution is 6.36. The molecule has 134 valence electrons. The van der Waals surface area contributed by atoms with Gasteiger partial charge in [0.1, 0.15) is 12.4 Å². The van der Waals surface area contributed by atoms with Crippen molar-refractivity contribution in [3.63, 3.8) is 0 Å². The SMILES string of the molecule is N#C/C(=C\c1ccccc1OCc1ccc(Cl)cc1)c1ccc(Cl)cc1Cl. The molecule has 0 amide bonds. The van der Waals surface area contributed by atoms with Gasteiger partial charge in [0.2, 0.25) is 0 Å². The van der Waals surface area contributed by atoms with Gasteiger partial charge in [-0.25, -0.2) is 0 Å². The Morgan fingerprint density at radius 1 is 0.926 bits per heavy atom. The second-order valence-electron chi connectivity index (χ2n) is 5.75. The lowest BCUT2D eigenvalue weighted by atomic mass is 10.0. The lowest BCUT2D eigenvalue weighted by Gasteiger charge is -2.10. The second-order valence-corrected chi connectivity index (χ2v) is 7.03. The molecular weight excluding hydrogens is 401 g/mol. The highest BCUT2D eigenvalue weighted by atomic mass is 35.5. The van der Waals surface area contributed by atoms with Crippen molar-refractivity contribution in [3.05, 3.63) is 98.5 Å². The Bertz CT molecular complexity index is 1020. The zero-order chi connectivity index (χ0) is 19.2. The maximum absolute atomic E-state index is 9.60. The molecule has 0 heterocycles. The zero-order valence-corrected chi connectivity index (χ0v) is 16.4. The predicted molar refractivity (Wildman–Crippen MR) is 112 cm³/mol. The fraction of sp³-hybridized carbons (Fsp3) is 0.0455. The standard InChI is InChI=1S/C22H14Cl3NO/c23-18-7-5-15(6-8-18)14-27-22-4-2-1-3-16(22)11-17(13-26)20-10-9-19(24)12-21(20)25/h1-12H,14H2/b17-11+. The first-order chi connectivity index (χ1) is 13.1. The highest BCUT2D eigenvalue weighted by Gasteiger charge is 2.09. The summed E-state index contributed by atoms with van der Waals surface area (Å²) in [5.41, 5.74) is 2.84. The smallest absolute Gasteiger partial charge is 0.127 e. The van der Waals surface area contributed by atoms with Crippen LogP contribution in [0, 0.1) is 11.3 Å². The minimum Gasteiger partial charge on any atom is -0.488 e. The topological polar surface area (TPSA) is 33.0 Å². The molecule has 0 fully saturated rings. The summed E-state index contributed by atoms with van der Waals surface area (Å²) < 4.78 is 5.94. The van der Waals surface area contributed by atoms with Crippen molar-refractivity contribution in [2.45, 2.75) is 6.61 Å². The number of ether oxygens (including phenoxy) is 1. The van der Waals surface area contributed by atoms with Gasteiger partial charge < -0.3 is 4.74 Å². The molecule has 0 aromatic heterocycles. The molecule has 0 radical (unpaired) electrons. The monoisotopic (exact) mass is 413 g/mol. The van der Waals surface area contributed by atoms with Crippen molar-refractivity contribution in [2.24, 2.45) is 0 Å². The lowest BCUT2D eigenvalue weighted by Crippen LogP contribution is -1.97. The average molecular weight is 415 g/mol. The van der Waals surface area contributed by atoms with Crippen molar-refractivity contribution in [2.75, 3.05) is 0 Å². The van der Waals surface area contributed by atoms with Crippen LogP contribution in [0.15, 0.2) is 66.7 Å². The minimum atomic E-state index is 0.394.